The van der Waals surface area contributed by atoms with Crippen molar-refractivity contribution in [1.82, 2.24) is 4.57 Å². The van der Waals surface area contributed by atoms with Crippen molar-refractivity contribution in [2.75, 3.05) is 0 Å². The van der Waals surface area contributed by atoms with Gasteiger partial charge in [-0.1, -0.05) is 25.1 Å². The molecule has 2 aromatic rings. The lowest BCUT2D eigenvalue weighted by molar-refractivity contribution is -0.124. The van der Waals surface area contributed by atoms with E-state index < -0.39 is 0 Å². The highest BCUT2D eigenvalue weighted by atomic mass is 16.3. The molecule has 0 unspecified atom stereocenters. The maximum atomic E-state index is 12.5. The summed E-state index contributed by atoms with van der Waals surface area (Å²) >= 11 is 0. The van der Waals surface area contributed by atoms with Crippen molar-refractivity contribution in [2.24, 2.45) is 7.05 Å². The molecule has 0 spiro atoms. The van der Waals surface area contributed by atoms with Gasteiger partial charge in [0.05, 0.1) is 5.57 Å². The molecule has 1 aliphatic carbocycles. The van der Waals surface area contributed by atoms with Crippen molar-refractivity contribution in [3.8, 4) is 0 Å². The molecule has 1 heterocycles. The minimum atomic E-state index is -0.230. The molecule has 1 saturated carbocycles. The third-order valence-electron chi connectivity index (χ3n) is 5.00. The maximum absolute atomic E-state index is 12.5. The summed E-state index contributed by atoms with van der Waals surface area (Å²) in [5.41, 5.74) is 3.32. The molecule has 0 radical (unpaired) electrons. The highest BCUT2D eigenvalue weighted by Gasteiger charge is 2.35. The van der Waals surface area contributed by atoms with Crippen LogP contribution in [-0.4, -0.2) is 21.2 Å². The lowest BCUT2D eigenvalue weighted by Gasteiger charge is -2.24. The highest BCUT2D eigenvalue weighted by Crippen LogP contribution is 2.38. The summed E-state index contributed by atoms with van der Waals surface area (Å²) < 4.78 is 2.09. The molecule has 1 fully saturated rings. The Kier molecular flexibility index (Phi) is 4.31. The second-order valence-corrected chi connectivity index (χ2v) is 6.61. The summed E-state index contributed by atoms with van der Waals surface area (Å²) in [7, 11) is 1.99. The van der Waals surface area contributed by atoms with Gasteiger partial charge in [0.25, 0.3) is 0 Å². The van der Waals surface area contributed by atoms with Crippen molar-refractivity contribution in [3.05, 3.63) is 46.9 Å². The van der Waals surface area contributed by atoms with E-state index in [0.717, 1.165) is 22.2 Å². The first kappa shape index (κ1) is 16.5. The molecule has 0 amide bonds. The number of benzene rings is 1. The zero-order valence-corrected chi connectivity index (χ0v) is 14.4. The SMILES string of the molecule is CCCC(O)=C1C(=O)CC(c2c(C)c3ccccc3n2C)CC1=O. The summed E-state index contributed by atoms with van der Waals surface area (Å²) in [6, 6.07) is 8.11. The smallest absolute Gasteiger partial charge is 0.170 e. The number of hydrogen-bond donors (Lipinski definition) is 1. The van der Waals surface area contributed by atoms with Crippen molar-refractivity contribution in [3.63, 3.8) is 0 Å². The van der Waals surface area contributed by atoms with Gasteiger partial charge in [-0.3, -0.25) is 9.59 Å². The third kappa shape index (κ3) is 2.56. The van der Waals surface area contributed by atoms with Gasteiger partial charge in [-0.25, -0.2) is 0 Å². The molecule has 0 saturated heterocycles. The van der Waals surface area contributed by atoms with Crippen LogP contribution in [0.4, 0.5) is 0 Å². The van der Waals surface area contributed by atoms with Crippen molar-refractivity contribution in [1.29, 1.82) is 0 Å². The Balaban J connectivity index is 2.01. The Bertz CT molecular complexity index is 798. The Morgan fingerprint density at radius 3 is 2.42 bits per heavy atom. The van der Waals surface area contributed by atoms with Crippen LogP contribution in [0, 0.1) is 6.92 Å². The first-order valence-corrected chi connectivity index (χ1v) is 8.48. The van der Waals surface area contributed by atoms with E-state index in [2.05, 4.69) is 16.7 Å². The van der Waals surface area contributed by atoms with Gasteiger partial charge < -0.3 is 9.67 Å². The van der Waals surface area contributed by atoms with Gasteiger partial charge in [-0.2, -0.15) is 0 Å². The zero-order chi connectivity index (χ0) is 17.4. The first-order chi connectivity index (χ1) is 11.5. The molecule has 24 heavy (non-hydrogen) atoms. The minimum absolute atomic E-state index is 0.0320. The number of para-hydroxylation sites is 1. The summed E-state index contributed by atoms with van der Waals surface area (Å²) in [6.07, 6.45) is 1.64. The lowest BCUT2D eigenvalue weighted by atomic mass is 9.80. The highest BCUT2D eigenvalue weighted by molar-refractivity contribution is 6.22. The number of carbonyl (C=O) groups is 2. The first-order valence-electron chi connectivity index (χ1n) is 8.48. The number of Topliss-reactive ketones (excluding diaryl/α,β-unsaturated/α-hetero) is 2. The van der Waals surface area contributed by atoms with Gasteiger partial charge in [0.1, 0.15) is 5.76 Å². The fraction of sp³-hybridized carbons (Fsp3) is 0.400. The van der Waals surface area contributed by atoms with Crippen LogP contribution < -0.4 is 0 Å². The molecule has 0 bridgehead atoms. The second kappa shape index (κ2) is 6.27. The fourth-order valence-electron chi connectivity index (χ4n) is 3.94. The minimum Gasteiger partial charge on any atom is -0.511 e. The number of aromatic nitrogens is 1. The van der Waals surface area contributed by atoms with E-state index in [-0.39, 0.29) is 41.7 Å². The van der Waals surface area contributed by atoms with Crippen molar-refractivity contribution >= 4 is 22.5 Å². The number of hydrogen-bond acceptors (Lipinski definition) is 3. The third-order valence-corrected chi connectivity index (χ3v) is 5.00. The molecule has 1 aromatic carbocycles. The van der Waals surface area contributed by atoms with Crippen LogP contribution in [0.25, 0.3) is 10.9 Å². The van der Waals surface area contributed by atoms with Gasteiger partial charge in [-0.15, -0.1) is 0 Å². The van der Waals surface area contributed by atoms with Crippen LogP contribution in [0.15, 0.2) is 35.6 Å². The normalized spacial score (nSPS) is 18.5. The fourth-order valence-corrected chi connectivity index (χ4v) is 3.94. The van der Waals surface area contributed by atoms with Crippen molar-refractivity contribution in [2.45, 2.75) is 45.4 Å². The van der Waals surface area contributed by atoms with Gasteiger partial charge in [-0.05, 0) is 25.0 Å². The van der Waals surface area contributed by atoms with E-state index in [1.165, 1.54) is 0 Å². The lowest BCUT2D eigenvalue weighted by Crippen LogP contribution is -2.27. The molecule has 3 rings (SSSR count). The molecule has 4 nitrogen and oxygen atoms in total. The number of aliphatic hydroxyl groups is 1. The number of allylic oxidation sites excluding steroid dienone is 2. The Hall–Kier alpha value is -2.36. The molecule has 1 aliphatic rings. The van der Waals surface area contributed by atoms with E-state index in [9.17, 15) is 14.7 Å². The standard InChI is InChI=1S/C20H23NO3/c1-4-7-16(22)19-17(23)10-13(11-18(19)24)20-12(2)14-8-5-6-9-15(14)21(20)3/h5-6,8-9,13,22H,4,7,10-11H2,1-3H3. The summed E-state index contributed by atoms with van der Waals surface area (Å²) in [5, 5.41) is 11.2. The summed E-state index contributed by atoms with van der Waals surface area (Å²) in [5.74, 6) is -0.626. The predicted octanol–water partition coefficient (Wildman–Crippen LogP) is 4.11. The summed E-state index contributed by atoms with van der Waals surface area (Å²) in [6.45, 7) is 3.96. The van der Waals surface area contributed by atoms with Crippen LogP contribution >= 0.6 is 0 Å². The van der Waals surface area contributed by atoms with Crippen LogP contribution in [0.1, 0.15) is 49.8 Å². The number of aryl methyl sites for hydroxylation is 2. The molecule has 126 valence electrons. The van der Waals surface area contributed by atoms with Crippen molar-refractivity contribution < 1.29 is 14.7 Å². The average molecular weight is 325 g/mol. The molecular weight excluding hydrogens is 302 g/mol. The molecule has 1 aromatic heterocycles. The largest absolute Gasteiger partial charge is 0.511 e. The number of nitrogens with zero attached hydrogens (tertiary/aromatic N) is 1. The van der Waals surface area contributed by atoms with Gasteiger partial charge in [0.15, 0.2) is 11.6 Å². The number of aliphatic hydroxyl groups excluding tert-OH is 1. The van der Waals surface area contributed by atoms with E-state index in [0.29, 0.717) is 12.8 Å². The monoisotopic (exact) mass is 325 g/mol. The Labute approximate surface area is 141 Å². The van der Waals surface area contributed by atoms with Gasteiger partial charge >= 0.3 is 0 Å². The van der Waals surface area contributed by atoms with Gasteiger partial charge in [0, 0.05) is 48.8 Å². The average Bonchev–Trinajstić information content (AvgIpc) is 2.79. The van der Waals surface area contributed by atoms with Crippen LogP contribution in [0.5, 0.6) is 0 Å². The van der Waals surface area contributed by atoms with Crippen LogP contribution in [0.3, 0.4) is 0 Å². The Morgan fingerprint density at radius 2 is 1.83 bits per heavy atom. The molecule has 4 heteroatoms. The number of ketones is 2. The topological polar surface area (TPSA) is 59.3 Å². The van der Waals surface area contributed by atoms with Crippen LogP contribution in [-0.2, 0) is 16.6 Å². The number of carbonyl (C=O) groups excluding carboxylic acids is 2. The maximum Gasteiger partial charge on any atom is 0.170 e. The van der Waals surface area contributed by atoms with E-state index in [4.69, 9.17) is 0 Å². The van der Waals surface area contributed by atoms with Crippen LogP contribution in [0.2, 0.25) is 0 Å². The quantitative estimate of drug-likeness (QED) is 0.525. The molecule has 0 aliphatic heterocycles. The molecular formula is C20H23NO3. The van der Waals surface area contributed by atoms with E-state index in [1.54, 1.807) is 0 Å². The number of fused-ring (bicyclic) bond motifs is 1. The van der Waals surface area contributed by atoms with Gasteiger partial charge in [0.2, 0.25) is 0 Å². The summed E-state index contributed by atoms with van der Waals surface area (Å²) in [4.78, 5) is 25.0. The number of rotatable bonds is 3. The molecule has 0 atom stereocenters. The van der Waals surface area contributed by atoms with E-state index in [1.807, 2.05) is 33.0 Å². The molecule has 1 N–H and O–H groups in total. The second-order valence-electron chi connectivity index (χ2n) is 6.61. The zero-order valence-electron chi connectivity index (χ0n) is 14.4. The Morgan fingerprint density at radius 1 is 1.21 bits per heavy atom. The predicted molar refractivity (Wildman–Crippen MR) is 94.2 cm³/mol. The van der Waals surface area contributed by atoms with E-state index >= 15 is 0 Å².